The number of piperazine rings is 1. The van der Waals surface area contributed by atoms with E-state index in [1.165, 1.54) is 36.1 Å². The number of nitrogens with zero attached hydrogens (tertiary/aromatic N) is 6. The summed E-state index contributed by atoms with van der Waals surface area (Å²) < 4.78 is 70.8. The fourth-order valence-corrected chi connectivity index (χ4v) is 11.0. The van der Waals surface area contributed by atoms with E-state index in [1.54, 1.807) is 55.8 Å². The Bertz CT molecular complexity index is 3140. The van der Waals surface area contributed by atoms with Gasteiger partial charge in [-0.15, -0.1) is 11.3 Å². The number of fused-ring (bicyclic) bond motifs is 7. The zero-order chi connectivity index (χ0) is 48.4. The molecular weight excluding hydrogens is 947 g/mol. The van der Waals surface area contributed by atoms with Crippen molar-refractivity contribution >= 4 is 49.0 Å². The summed E-state index contributed by atoms with van der Waals surface area (Å²) in [7, 11) is 0.246. The molecule has 0 saturated carbocycles. The van der Waals surface area contributed by atoms with Crippen molar-refractivity contribution in [1.29, 1.82) is 0 Å². The Morgan fingerprint density at radius 2 is 1.80 bits per heavy atom. The number of likely N-dealkylation sites (N-methyl/N-ethyl adjacent to an activating group) is 1. The van der Waals surface area contributed by atoms with Gasteiger partial charge in [-0.05, 0) is 85.3 Å². The van der Waals surface area contributed by atoms with Crippen LogP contribution in [-0.2, 0) is 27.7 Å². The summed E-state index contributed by atoms with van der Waals surface area (Å²) in [5.41, 5.74) is 4.34. The van der Waals surface area contributed by atoms with Crippen molar-refractivity contribution in [3.63, 3.8) is 0 Å². The Balaban J connectivity index is 1.13. The van der Waals surface area contributed by atoms with Crippen molar-refractivity contribution in [2.45, 2.75) is 38.2 Å². The molecule has 3 atom stereocenters. The highest BCUT2D eigenvalue weighted by Crippen LogP contribution is 2.50. The number of hydrogen-bond donors (Lipinski definition) is 1. The average molecular weight is 996 g/mol. The summed E-state index contributed by atoms with van der Waals surface area (Å²) in [4.78, 5) is 37.1. The van der Waals surface area contributed by atoms with Crippen LogP contribution in [0.3, 0.4) is 0 Å². The van der Waals surface area contributed by atoms with E-state index < -0.39 is 33.8 Å². The van der Waals surface area contributed by atoms with E-state index in [9.17, 15) is 22.7 Å². The fraction of sp³-hybridized carbons (Fsp3) is 0.300. The molecule has 0 amide bonds. The molecule has 3 aromatic heterocycles. The largest absolute Gasteiger partial charge is 0.496 e. The molecule has 1 saturated heterocycles. The van der Waals surface area contributed by atoms with E-state index in [2.05, 4.69) is 24.8 Å². The Labute approximate surface area is 407 Å². The number of carbonyl (C=O) groups is 1. The first-order chi connectivity index (χ1) is 33.2. The van der Waals surface area contributed by atoms with Crippen LogP contribution in [-0.4, -0.2) is 126 Å². The van der Waals surface area contributed by atoms with Crippen LogP contribution in [0.1, 0.15) is 16.8 Å². The molecule has 4 bridgehead atoms. The van der Waals surface area contributed by atoms with Gasteiger partial charge in [-0.25, -0.2) is 37.5 Å². The normalized spacial score (nSPS) is 17.9. The van der Waals surface area contributed by atoms with Gasteiger partial charge < -0.3 is 28.8 Å². The first kappa shape index (κ1) is 47.6. The second-order valence-corrected chi connectivity index (χ2v) is 20.6. The molecule has 19 heteroatoms. The van der Waals surface area contributed by atoms with Crippen LogP contribution >= 0.6 is 22.9 Å². The minimum absolute atomic E-state index is 0.00598. The molecule has 7 aromatic rings. The third kappa shape index (κ3) is 10.7. The summed E-state index contributed by atoms with van der Waals surface area (Å²) in [6.45, 7) is 4.05. The van der Waals surface area contributed by atoms with Crippen molar-refractivity contribution in [2.75, 3.05) is 59.0 Å². The number of carboxylic acids is 1. The van der Waals surface area contributed by atoms with Crippen molar-refractivity contribution in [3.05, 3.63) is 125 Å². The van der Waals surface area contributed by atoms with Crippen LogP contribution in [0.25, 0.3) is 43.2 Å². The molecule has 0 spiro atoms. The Morgan fingerprint density at radius 1 is 0.986 bits per heavy atom. The van der Waals surface area contributed by atoms with Gasteiger partial charge in [-0.3, -0.25) is 9.80 Å². The lowest BCUT2D eigenvalue weighted by Gasteiger charge is -2.40. The van der Waals surface area contributed by atoms with E-state index in [1.807, 2.05) is 44.3 Å². The quantitative estimate of drug-likeness (QED) is 0.132. The van der Waals surface area contributed by atoms with Crippen LogP contribution in [0.2, 0.25) is 5.02 Å². The molecule has 15 nitrogen and oxygen atoms in total. The second kappa shape index (κ2) is 20.3. The molecule has 10 rings (SSSR count). The van der Waals surface area contributed by atoms with Crippen LogP contribution < -0.4 is 23.7 Å². The molecule has 3 aliphatic rings. The van der Waals surface area contributed by atoms with Gasteiger partial charge in [0.15, 0.2) is 5.82 Å². The number of halogens is 2. The molecule has 1 unspecified atom stereocenters. The Kier molecular flexibility index (Phi) is 14.0. The number of hydrogen-bond acceptors (Lipinski definition) is 15. The Hall–Kier alpha value is -6.44. The van der Waals surface area contributed by atoms with E-state index in [0.717, 1.165) is 0 Å². The summed E-state index contributed by atoms with van der Waals surface area (Å²) in [5.74, 6) is 0.570. The molecule has 6 heterocycles. The topological polar surface area (TPSA) is 176 Å². The van der Waals surface area contributed by atoms with E-state index in [4.69, 9.17) is 40.3 Å². The van der Waals surface area contributed by atoms with Crippen LogP contribution in [0.4, 0.5) is 4.39 Å². The van der Waals surface area contributed by atoms with E-state index >= 15 is 0 Å². The van der Waals surface area contributed by atoms with E-state index in [0.29, 0.717) is 114 Å². The van der Waals surface area contributed by atoms with Gasteiger partial charge in [0.05, 0.1) is 34.5 Å². The predicted molar refractivity (Wildman–Crippen MR) is 261 cm³/mol. The standard InChI is InChI=1S/C50H48ClFN6O9S2/c1-29-37-14-16-41(45(29)51)66-36(24-58-20-19-57(2)34(23-58)27-69(4,61)62)26-64-35-13-15-39(65-25-33-17-18-53-47(56-33)38-7-5-6-8-40(38)63-3)31(21-35)22-42(50(59)60)67-48-44-43(37)46(68-49(44)55-28-54-48)30-9-11-32(52)12-10-30/h5-18,21,28,34,36,42H,19-20,22-27H2,1-4H3,(H,59,60)/t34?,36-,42-/m1/s1. The predicted octanol–water partition coefficient (Wildman–Crippen LogP) is 8.05. The number of rotatable bonds is 11. The zero-order valence-corrected chi connectivity index (χ0v) is 40.5. The minimum Gasteiger partial charge on any atom is -0.496 e. The van der Waals surface area contributed by atoms with Gasteiger partial charge in [0.2, 0.25) is 12.0 Å². The monoisotopic (exact) mass is 994 g/mol. The first-order valence-corrected chi connectivity index (χ1v) is 25.3. The maximum atomic E-state index is 14.3. The van der Waals surface area contributed by atoms with Crippen molar-refractivity contribution in [1.82, 2.24) is 29.7 Å². The lowest BCUT2D eigenvalue weighted by molar-refractivity contribution is -0.145. The zero-order valence-electron chi connectivity index (χ0n) is 38.1. The summed E-state index contributed by atoms with van der Waals surface area (Å²) in [6, 6.07) is 23.8. The van der Waals surface area contributed by atoms with Crippen molar-refractivity contribution in [3.8, 4) is 61.8 Å². The summed E-state index contributed by atoms with van der Waals surface area (Å²) in [6.07, 6.45) is 1.90. The van der Waals surface area contributed by atoms with Gasteiger partial charge in [0, 0.05) is 67.1 Å². The Morgan fingerprint density at radius 3 is 2.58 bits per heavy atom. The highest BCUT2D eigenvalue weighted by Gasteiger charge is 2.32. The number of benzene rings is 4. The summed E-state index contributed by atoms with van der Waals surface area (Å²) >= 11 is 8.58. The highest BCUT2D eigenvalue weighted by molar-refractivity contribution is 7.90. The molecular formula is C50H48ClFN6O9S2. The average Bonchev–Trinajstić information content (AvgIpc) is 3.72. The van der Waals surface area contributed by atoms with Crippen molar-refractivity contribution in [2.24, 2.45) is 0 Å². The van der Waals surface area contributed by atoms with Gasteiger partial charge in [0.25, 0.3) is 0 Å². The second-order valence-electron chi connectivity index (χ2n) is 17.0. The smallest absolute Gasteiger partial charge is 0.345 e. The molecule has 0 radical (unpaired) electrons. The third-order valence-corrected chi connectivity index (χ3v) is 14.7. The molecule has 4 aromatic carbocycles. The number of aliphatic carboxylic acids is 1. The SMILES string of the molecule is COc1ccccc1-c1nccc(COc2ccc3cc2C[C@H](C(=O)O)Oc2ncnc4sc(-c5ccc(F)cc5)c(c24)-c2ccc(c(Cl)c2C)O[C@H](CN2CCN(C)C(CS(C)(=O)=O)C2)CO3)n1. The number of para-hydroxylation sites is 1. The molecule has 1 N–H and O–H groups in total. The van der Waals surface area contributed by atoms with Crippen molar-refractivity contribution < 1.29 is 46.4 Å². The molecule has 1 fully saturated rings. The van der Waals surface area contributed by atoms with Gasteiger partial charge >= 0.3 is 5.97 Å². The first-order valence-electron chi connectivity index (χ1n) is 22.0. The minimum atomic E-state index is -3.26. The number of carboxylic acid groups (broad SMARTS) is 1. The maximum Gasteiger partial charge on any atom is 0.345 e. The molecule has 3 aliphatic heterocycles. The number of thiophene rings is 1. The third-order valence-electron chi connectivity index (χ3n) is 12.1. The van der Waals surface area contributed by atoms with Gasteiger partial charge in [-0.1, -0.05) is 41.9 Å². The van der Waals surface area contributed by atoms with Crippen LogP contribution in [0.15, 0.2) is 97.5 Å². The lowest BCUT2D eigenvalue weighted by atomic mass is 9.96. The highest BCUT2D eigenvalue weighted by atomic mass is 35.5. The van der Waals surface area contributed by atoms with Crippen LogP contribution in [0.5, 0.6) is 28.9 Å². The molecule has 69 heavy (non-hydrogen) atoms. The molecule has 358 valence electrons. The maximum absolute atomic E-state index is 14.3. The van der Waals surface area contributed by atoms with Gasteiger partial charge in [0.1, 0.15) is 69.1 Å². The van der Waals surface area contributed by atoms with E-state index in [-0.39, 0.29) is 37.3 Å². The lowest BCUT2D eigenvalue weighted by Crippen LogP contribution is -2.56. The summed E-state index contributed by atoms with van der Waals surface area (Å²) in [5, 5.41) is 11.6. The number of methoxy groups -OCH3 is 1. The number of ether oxygens (including phenoxy) is 5. The van der Waals surface area contributed by atoms with Crippen LogP contribution in [0, 0.1) is 12.7 Å². The van der Waals surface area contributed by atoms with Gasteiger partial charge in [-0.2, -0.15) is 0 Å². The molecule has 0 aliphatic carbocycles. The number of sulfone groups is 1. The fourth-order valence-electron chi connectivity index (χ4n) is 8.61. The number of aromatic nitrogens is 4.